The molecule has 0 unspecified atom stereocenters. The maximum absolute atomic E-state index is 8.90. The quantitative estimate of drug-likeness (QED) is 0.347. The highest BCUT2D eigenvalue weighted by Crippen LogP contribution is 2.14. The fraction of sp³-hybridized carbons (Fsp3) is 0.444. The highest BCUT2D eigenvalue weighted by Gasteiger charge is 2.14. The van der Waals surface area contributed by atoms with E-state index in [1.165, 1.54) is 6.20 Å². The molecule has 0 atom stereocenters. The number of amidine groups is 1. The molecule has 0 aromatic carbocycles. The molecule has 88 valence electrons. The smallest absolute Gasteiger partial charge is 0.162 e. The third-order valence-electron chi connectivity index (χ3n) is 2.03. The van der Waals surface area contributed by atoms with Gasteiger partial charge in [-0.1, -0.05) is 0 Å². The highest BCUT2D eigenvalue weighted by atomic mass is 16.3. The summed E-state index contributed by atoms with van der Waals surface area (Å²) in [5.74, 6) is 0.281. The number of nitrogen functional groups attached to an aromatic ring is 1. The highest BCUT2D eigenvalue weighted by molar-refractivity contribution is 5.99. The molecular weight excluding hydrogens is 210 g/mol. The van der Waals surface area contributed by atoms with Crippen LogP contribution < -0.4 is 10.6 Å². The predicted octanol–water partition coefficient (Wildman–Crippen LogP) is -1.45. The Bertz CT molecular complexity index is 352. The summed E-state index contributed by atoms with van der Waals surface area (Å²) in [6.07, 6.45) is 1.44. The van der Waals surface area contributed by atoms with Crippen LogP contribution in [0, 0.1) is 5.41 Å². The van der Waals surface area contributed by atoms with Gasteiger partial charge in [-0.05, 0) is 6.07 Å². The number of rotatable bonds is 6. The Morgan fingerprint density at radius 1 is 1.38 bits per heavy atom. The number of nitrogens with two attached hydrogens (primary N) is 1. The van der Waals surface area contributed by atoms with Crippen molar-refractivity contribution in [3.63, 3.8) is 0 Å². The van der Waals surface area contributed by atoms with E-state index < -0.39 is 0 Å². The van der Waals surface area contributed by atoms with E-state index in [1.807, 2.05) is 0 Å². The SMILES string of the molecule is N=C(N)c1ccnnc1N(CCO)CCO. The lowest BCUT2D eigenvalue weighted by Crippen LogP contribution is -2.33. The van der Waals surface area contributed by atoms with Gasteiger partial charge in [-0.2, -0.15) is 5.10 Å². The Kier molecular flexibility index (Phi) is 4.62. The molecule has 7 nitrogen and oxygen atoms in total. The minimum atomic E-state index is -0.120. The Morgan fingerprint density at radius 2 is 2.00 bits per heavy atom. The molecule has 0 fully saturated rings. The lowest BCUT2D eigenvalue weighted by atomic mass is 10.2. The monoisotopic (exact) mass is 225 g/mol. The van der Waals surface area contributed by atoms with E-state index in [0.717, 1.165) is 0 Å². The van der Waals surface area contributed by atoms with E-state index in [1.54, 1.807) is 11.0 Å². The zero-order valence-electron chi connectivity index (χ0n) is 8.80. The van der Waals surface area contributed by atoms with Gasteiger partial charge in [0.05, 0.1) is 25.0 Å². The van der Waals surface area contributed by atoms with Gasteiger partial charge < -0.3 is 20.8 Å². The molecule has 0 saturated heterocycles. The van der Waals surface area contributed by atoms with Crippen LogP contribution in [0.3, 0.4) is 0 Å². The van der Waals surface area contributed by atoms with Crippen LogP contribution in [0.2, 0.25) is 0 Å². The van der Waals surface area contributed by atoms with Gasteiger partial charge in [0, 0.05) is 13.1 Å². The summed E-state index contributed by atoms with van der Waals surface area (Å²) < 4.78 is 0. The molecule has 1 heterocycles. The molecule has 0 spiro atoms. The molecule has 1 aromatic rings. The molecule has 0 saturated carbocycles. The topological polar surface area (TPSA) is 119 Å². The zero-order chi connectivity index (χ0) is 12.0. The molecule has 16 heavy (non-hydrogen) atoms. The van der Waals surface area contributed by atoms with Gasteiger partial charge in [-0.15, -0.1) is 5.10 Å². The van der Waals surface area contributed by atoms with E-state index in [-0.39, 0.29) is 19.0 Å². The average molecular weight is 225 g/mol. The minimum Gasteiger partial charge on any atom is -0.395 e. The van der Waals surface area contributed by atoms with E-state index >= 15 is 0 Å². The van der Waals surface area contributed by atoms with Crippen LogP contribution in [0.25, 0.3) is 0 Å². The predicted molar refractivity (Wildman–Crippen MR) is 59.4 cm³/mol. The van der Waals surface area contributed by atoms with Crippen molar-refractivity contribution in [2.24, 2.45) is 5.73 Å². The van der Waals surface area contributed by atoms with Crippen LogP contribution in [0.5, 0.6) is 0 Å². The summed E-state index contributed by atoms with van der Waals surface area (Å²) in [6.45, 7) is 0.459. The number of nitrogens with zero attached hydrogens (tertiary/aromatic N) is 3. The second kappa shape index (κ2) is 5.99. The number of aromatic nitrogens is 2. The zero-order valence-corrected chi connectivity index (χ0v) is 8.80. The third kappa shape index (κ3) is 2.88. The number of hydrogen-bond acceptors (Lipinski definition) is 6. The van der Waals surface area contributed by atoms with Crippen LogP contribution in [0.15, 0.2) is 12.3 Å². The third-order valence-corrected chi connectivity index (χ3v) is 2.03. The van der Waals surface area contributed by atoms with Gasteiger partial charge >= 0.3 is 0 Å². The molecular formula is C9H15N5O2. The summed E-state index contributed by atoms with van der Waals surface area (Å²) in [5, 5.41) is 32.8. The average Bonchev–Trinajstić information content (AvgIpc) is 2.29. The maximum Gasteiger partial charge on any atom is 0.162 e. The van der Waals surface area contributed by atoms with E-state index in [0.29, 0.717) is 24.5 Å². The van der Waals surface area contributed by atoms with Crippen molar-refractivity contribution < 1.29 is 10.2 Å². The Morgan fingerprint density at radius 3 is 2.50 bits per heavy atom. The van der Waals surface area contributed by atoms with Crippen molar-refractivity contribution >= 4 is 11.7 Å². The second-order valence-electron chi connectivity index (χ2n) is 3.12. The molecule has 5 N–H and O–H groups in total. The summed E-state index contributed by atoms with van der Waals surface area (Å²) in [4.78, 5) is 1.63. The molecule has 7 heteroatoms. The first kappa shape index (κ1) is 12.3. The van der Waals surface area contributed by atoms with Crippen molar-refractivity contribution in [2.45, 2.75) is 0 Å². The van der Waals surface area contributed by atoms with E-state index in [9.17, 15) is 0 Å². The molecule has 0 aliphatic heterocycles. The van der Waals surface area contributed by atoms with Crippen LogP contribution in [0.4, 0.5) is 5.82 Å². The van der Waals surface area contributed by atoms with Crippen molar-refractivity contribution in [1.82, 2.24) is 10.2 Å². The summed E-state index contributed by atoms with van der Waals surface area (Å²) >= 11 is 0. The fourth-order valence-electron chi connectivity index (χ4n) is 1.33. The molecule has 0 aliphatic carbocycles. The van der Waals surface area contributed by atoms with Gasteiger partial charge in [0.1, 0.15) is 5.84 Å². The first-order valence-corrected chi connectivity index (χ1v) is 4.83. The van der Waals surface area contributed by atoms with Crippen LogP contribution >= 0.6 is 0 Å². The lowest BCUT2D eigenvalue weighted by Gasteiger charge is -2.22. The van der Waals surface area contributed by atoms with Crippen molar-refractivity contribution in [2.75, 3.05) is 31.2 Å². The molecule has 1 aromatic heterocycles. The Labute approximate surface area is 93.0 Å². The van der Waals surface area contributed by atoms with Crippen LogP contribution in [-0.4, -0.2) is 52.5 Å². The minimum absolute atomic E-state index is 0.0755. The normalized spacial score (nSPS) is 10.1. The van der Waals surface area contributed by atoms with E-state index in [2.05, 4.69) is 10.2 Å². The van der Waals surface area contributed by atoms with Crippen molar-refractivity contribution in [1.29, 1.82) is 5.41 Å². The number of hydrogen-bond donors (Lipinski definition) is 4. The molecule has 0 amide bonds. The van der Waals surface area contributed by atoms with Crippen molar-refractivity contribution in [3.05, 3.63) is 17.8 Å². The largest absolute Gasteiger partial charge is 0.395 e. The van der Waals surface area contributed by atoms with Gasteiger partial charge in [0.2, 0.25) is 0 Å². The lowest BCUT2D eigenvalue weighted by molar-refractivity contribution is 0.280. The van der Waals surface area contributed by atoms with Crippen LogP contribution in [0.1, 0.15) is 5.56 Å². The Hall–Kier alpha value is -1.73. The number of aliphatic hydroxyl groups excluding tert-OH is 2. The number of nitrogens with one attached hydrogen (secondary N) is 1. The first-order valence-electron chi connectivity index (χ1n) is 4.83. The number of aliphatic hydroxyl groups is 2. The first-order chi connectivity index (χ1) is 7.70. The van der Waals surface area contributed by atoms with Gasteiger partial charge in [-0.25, -0.2) is 0 Å². The standard InChI is InChI=1S/C9H15N5O2/c10-8(11)7-1-2-12-13-9(7)14(3-5-15)4-6-16/h1-2,15-16H,3-6H2,(H3,10,11). The summed E-state index contributed by atoms with van der Waals surface area (Å²) in [7, 11) is 0. The van der Waals surface area contributed by atoms with Crippen LogP contribution in [-0.2, 0) is 0 Å². The fourth-order valence-corrected chi connectivity index (χ4v) is 1.33. The Balaban J connectivity index is 3.02. The maximum atomic E-state index is 8.90. The van der Waals surface area contributed by atoms with Crippen molar-refractivity contribution in [3.8, 4) is 0 Å². The van der Waals surface area contributed by atoms with Gasteiger partial charge in [-0.3, -0.25) is 5.41 Å². The van der Waals surface area contributed by atoms with Gasteiger partial charge in [0.25, 0.3) is 0 Å². The molecule has 0 aliphatic rings. The van der Waals surface area contributed by atoms with Gasteiger partial charge in [0.15, 0.2) is 5.82 Å². The summed E-state index contributed by atoms with van der Waals surface area (Å²) in [5.41, 5.74) is 5.85. The number of anilines is 1. The summed E-state index contributed by atoms with van der Waals surface area (Å²) in [6, 6.07) is 1.58. The molecule has 1 rings (SSSR count). The van der Waals surface area contributed by atoms with E-state index in [4.69, 9.17) is 21.4 Å². The molecule has 0 radical (unpaired) electrons. The second-order valence-corrected chi connectivity index (χ2v) is 3.12. The molecule has 0 bridgehead atoms.